The lowest BCUT2D eigenvalue weighted by atomic mass is 10.1. The molecule has 8 heteroatoms. The number of methoxy groups -OCH3 is 1. The Labute approximate surface area is 157 Å². The molecule has 27 heavy (non-hydrogen) atoms. The summed E-state index contributed by atoms with van der Waals surface area (Å²) in [6, 6.07) is 7.74. The maximum Gasteiger partial charge on any atom is 0.312 e. The smallest absolute Gasteiger partial charge is 0.312 e. The Balaban J connectivity index is 1.45. The Kier molecular flexibility index (Phi) is 4.79. The minimum Gasteiger partial charge on any atom is -0.494 e. The fraction of sp³-hybridized carbons (Fsp3) is 0.474. The van der Waals surface area contributed by atoms with Crippen molar-refractivity contribution in [2.24, 2.45) is 0 Å². The lowest BCUT2D eigenvalue weighted by molar-refractivity contribution is -0.158. The maximum atomic E-state index is 12.5. The fourth-order valence-electron chi connectivity index (χ4n) is 3.91. The van der Waals surface area contributed by atoms with Crippen molar-refractivity contribution < 1.29 is 14.3 Å². The van der Waals surface area contributed by atoms with E-state index >= 15 is 0 Å². The largest absolute Gasteiger partial charge is 0.494 e. The second-order valence-electron chi connectivity index (χ2n) is 6.99. The second kappa shape index (κ2) is 7.38. The van der Waals surface area contributed by atoms with E-state index in [1.807, 2.05) is 24.3 Å². The first-order valence-electron chi connectivity index (χ1n) is 9.32. The molecule has 0 N–H and O–H groups in total. The van der Waals surface area contributed by atoms with Gasteiger partial charge in [0.05, 0.1) is 19.9 Å². The number of carbonyl (C=O) groups excluding carboxylic acids is 2. The Morgan fingerprint density at radius 1 is 1.11 bits per heavy atom. The van der Waals surface area contributed by atoms with E-state index in [4.69, 9.17) is 4.74 Å². The molecule has 4 rings (SSSR count). The number of carbonyl (C=O) groups is 2. The van der Waals surface area contributed by atoms with Gasteiger partial charge in [-0.3, -0.25) is 9.59 Å². The van der Waals surface area contributed by atoms with Gasteiger partial charge in [0.25, 0.3) is 0 Å². The summed E-state index contributed by atoms with van der Waals surface area (Å²) in [4.78, 5) is 28.4. The van der Waals surface area contributed by atoms with Crippen molar-refractivity contribution in [3.05, 3.63) is 36.2 Å². The number of hydrogen-bond acceptors (Lipinski definition) is 5. The van der Waals surface area contributed by atoms with Crippen molar-refractivity contribution in [1.29, 1.82) is 0 Å². The number of aromatic nitrogens is 3. The van der Waals surface area contributed by atoms with Crippen molar-refractivity contribution in [1.82, 2.24) is 24.8 Å². The molecule has 2 amide bonds. The normalized spacial score (nSPS) is 18.4. The van der Waals surface area contributed by atoms with E-state index in [0.29, 0.717) is 24.5 Å². The van der Waals surface area contributed by atoms with E-state index in [2.05, 4.69) is 10.3 Å². The number of piperazine rings is 1. The quantitative estimate of drug-likeness (QED) is 0.744. The van der Waals surface area contributed by atoms with Crippen LogP contribution >= 0.6 is 0 Å². The van der Waals surface area contributed by atoms with Gasteiger partial charge in [-0.1, -0.05) is 30.2 Å². The van der Waals surface area contributed by atoms with Crippen LogP contribution in [0.3, 0.4) is 0 Å². The van der Waals surface area contributed by atoms with Crippen LogP contribution in [-0.2, 0) is 16.1 Å². The minimum atomic E-state index is -0.444. The van der Waals surface area contributed by atoms with Crippen molar-refractivity contribution >= 4 is 11.8 Å². The zero-order valence-electron chi connectivity index (χ0n) is 15.4. The molecule has 1 saturated carbocycles. The molecule has 2 heterocycles. The molecule has 1 aromatic heterocycles. The molecule has 0 spiro atoms. The topological polar surface area (TPSA) is 80.6 Å². The number of ether oxygens (including phenoxy) is 1. The molecule has 2 fully saturated rings. The summed E-state index contributed by atoms with van der Waals surface area (Å²) in [6.45, 7) is 1.40. The molecule has 142 valence electrons. The van der Waals surface area contributed by atoms with Crippen LogP contribution in [0.4, 0.5) is 0 Å². The van der Waals surface area contributed by atoms with E-state index in [-0.39, 0.29) is 18.5 Å². The van der Waals surface area contributed by atoms with Crippen LogP contribution in [0.2, 0.25) is 0 Å². The Morgan fingerprint density at radius 3 is 2.67 bits per heavy atom. The van der Waals surface area contributed by atoms with E-state index in [9.17, 15) is 9.59 Å². The van der Waals surface area contributed by atoms with Crippen LogP contribution < -0.4 is 4.74 Å². The molecule has 1 saturated heterocycles. The van der Waals surface area contributed by atoms with Gasteiger partial charge in [0.1, 0.15) is 17.1 Å². The summed E-state index contributed by atoms with van der Waals surface area (Å²) in [5.41, 5.74) is 1.41. The Bertz CT molecular complexity index is 843. The van der Waals surface area contributed by atoms with Crippen molar-refractivity contribution in [2.45, 2.75) is 38.3 Å². The standard InChI is InChI=1S/C19H23N5O3/c1-27-17-9-5-4-8-16(17)24-13-14(20-21-24)12-22-10-11-23(19(26)18(22)25)15-6-2-3-7-15/h4-5,8-9,13,15H,2-3,6-7,10-12H2,1H3. The molecule has 1 aromatic carbocycles. The number of amides is 2. The zero-order chi connectivity index (χ0) is 18.8. The van der Waals surface area contributed by atoms with E-state index in [0.717, 1.165) is 31.4 Å². The summed E-state index contributed by atoms with van der Waals surface area (Å²) in [5.74, 6) is -0.143. The van der Waals surface area contributed by atoms with Gasteiger partial charge in [-0.2, -0.15) is 0 Å². The number of rotatable bonds is 5. The van der Waals surface area contributed by atoms with Crippen LogP contribution in [0.5, 0.6) is 5.75 Å². The average Bonchev–Trinajstić information content (AvgIpc) is 3.38. The molecule has 2 aromatic rings. The third-order valence-electron chi connectivity index (χ3n) is 5.33. The van der Waals surface area contributed by atoms with Crippen LogP contribution in [-0.4, -0.2) is 62.8 Å². The molecular weight excluding hydrogens is 346 g/mol. The van der Waals surface area contributed by atoms with Gasteiger partial charge in [-0.05, 0) is 25.0 Å². The first-order valence-corrected chi connectivity index (χ1v) is 9.32. The molecule has 2 aliphatic rings. The maximum absolute atomic E-state index is 12.5. The summed E-state index contributed by atoms with van der Waals surface area (Å²) < 4.78 is 6.97. The highest BCUT2D eigenvalue weighted by Gasteiger charge is 2.37. The molecule has 8 nitrogen and oxygen atoms in total. The lowest BCUT2D eigenvalue weighted by Gasteiger charge is -2.36. The number of benzene rings is 1. The van der Waals surface area contributed by atoms with Gasteiger partial charge < -0.3 is 14.5 Å². The van der Waals surface area contributed by atoms with E-state index in [1.165, 1.54) is 0 Å². The monoisotopic (exact) mass is 369 g/mol. The Morgan fingerprint density at radius 2 is 1.89 bits per heavy atom. The van der Waals surface area contributed by atoms with Gasteiger partial charge in [0.2, 0.25) is 0 Å². The van der Waals surface area contributed by atoms with Gasteiger partial charge in [0, 0.05) is 19.1 Å². The van der Waals surface area contributed by atoms with E-state index in [1.54, 1.807) is 27.8 Å². The summed E-state index contributed by atoms with van der Waals surface area (Å²) >= 11 is 0. The summed E-state index contributed by atoms with van der Waals surface area (Å²) in [5, 5.41) is 8.29. The lowest BCUT2D eigenvalue weighted by Crippen LogP contribution is -2.56. The molecule has 1 aliphatic heterocycles. The zero-order valence-corrected chi connectivity index (χ0v) is 15.4. The van der Waals surface area contributed by atoms with Crippen molar-refractivity contribution in [3.63, 3.8) is 0 Å². The van der Waals surface area contributed by atoms with E-state index < -0.39 is 5.91 Å². The number of para-hydroxylation sites is 2. The van der Waals surface area contributed by atoms with Gasteiger partial charge in [-0.25, -0.2) is 4.68 Å². The van der Waals surface area contributed by atoms with Crippen molar-refractivity contribution in [2.75, 3.05) is 20.2 Å². The minimum absolute atomic E-state index is 0.232. The predicted molar refractivity (Wildman–Crippen MR) is 97.3 cm³/mol. The second-order valence-corrected chi connectivity index (χ2v) is 6.99. The van der Waals surface area contributed by atoms with Gasteiger partial charge in [-0.15, -0.1) is 5.10 Å². The highest BCUT2D eigenvalue weighted by atomic mass is 16.5. The van der Waals surface area contributed by atoms with Crippen LogP contribution in [0, 0.1) is 0 Å². The molecule has 0 atom stereocenters. The SMILES string of the molecule is COc1ccccc1-n1cc(CN2CCN(C3CCCC3)C(=O)C2=O)nn1. The molecule has 0 bridgehead atoms. The first kappa shape index (κ1) is 17.5. The third kappa shape index (κ3) is 3.39. The van der Waals surface area contributed by atoms with Crippen molar-refractivity contribution in [3.8, 4) is 11.4 Å². The number of nitrogens with zero attached hydrogens (tertiary/aromatic N) is 5. The fourth-order valence-corrected chi connectivity index (χ4v) is 3.91. The first-order chi connectivity index (χ1) is 13.2. The molecule has 0 radical (unpaired) electrons. The van der Waals surface area contributed by atoms with Crippen LogP contribution in [0.25, 0.3) is 5.69 Å². The molecule has 1 aliphatic carbocycles. The highest BCUT2D eigenvalue weighted by molar-refractivity contribution is 6.35. The molecule has 0 unspecified atom stereocenters. The highest BCUT2D eigenvalue weighted by Crippen LogP contribution is 2.26. The number of hydrogen-bond donors (Lipinski definition) is 0. The molecular formula is C19H23N5O3. The Hall–Kier alpha value is -2.90. The summed E-state index contributed by atoms with van der Waals surface area (Å²) in [6.07, 6.45) is 6.05. The average molecular weight is 369 g/mol. The predicted octanol–water partition coefficient (Wildman–Crippen LogP) is 1.39. The summed E-state index contributed by atoms with van der Waals surface area (Å²) in [7, 11) is 1.60. The van der Waals surface area contributed by atoms with Gasteiger partial charge >= 0.3 is 11.8 Å². The third-order valence-corrected chi connectivity index (χ3v) is 5.33. The van der Waals surface area contributed by atoms with Crippen LogP contribution in [0.1, 0.15) is 31.4 Å². The van der Waals surface area contributed by atoms with Gasteiger partial charge in [0.15, 0.2) is 0 Å². The van der Waals surface area contributed by atoms with Crippen LogP contribution in [0.15, 0.2) is 30.5 Å².